The second-order valence-electron chi connectivity index (χ2n) is 10.4. The fourth-order valence-corrected chi connectivity index (χ4v) is 5.84. The monoisotopic (exact) mass is 543 g/mol. The Balaban J connectivity index is 1.39. The number of nitrogens with zero attached hydrogens (tertiary/aromatic N) is 3. The summed E-state index contributed by atoms with van der Waals surface area (Å²) >= 11 is 6.44. The van der Waals surface area contributed by atoms with Gasteiger partial charge in [-0.3, -0.25) is 4.79 Å². The summed E-state index contributed by atoms with van der Waals surface area (Å²) in [6, 6.07) is 17.1. The standard InChI is InChI=1S/C30H30ClN5O3/c1-18(32)19-7-8-24-20(13-19)14-25(33-24)29(37)36-17-21(16-31)28-23-6-4-3-5-22(23)27(15-26(28)36)39-30(38)35-11-9-34(2)10-12-35/h3-8,13-15,21,32-33H,9-12,16-17H2,1-2H3/t21-/m1/s1. The van der Waals surface area contributed by atoms with Crippen LogP contribution in [0.1, 0.15) is 34.5 Å². The number of alkyl halides is 1. The lowest BCUT2D eigenvalue weighted by Crippen LogP contribution is -2.48. The SMILES string of the molecule is CC(=N)c1ccc2[nH]c(C(=O)N3C[C@@H](CCl)c4c3cc(OC(=O)N3CCN(C)CC3)c3ccccc43)cc2c1. The number of likely N-dealkylation sites (N-methyl/N-ethyl adjacent to an activating group) is 1. The summed E-state index contributed by atoms with van der Waals surface area (Å²) in [6.45, 7) is 4.98. The molecule has 4 aromatic rings. The zero-order valence-corrected chi connectivity index (χ0v) is 22.7. The third kappa shape index (κ3) is 4.53. The van der Waals surface area contributed by atoms with Crippen molar-refractivity contribution in [1.82, 2.24) is 14.8 Å². The van der Waals surface area contributed by atoms with Crippen molar-refractivity contribution in [1.29, 1.82) is 5.41 Å². The molecule has 2 aliphatic heterocycles. The maximum absolute atomic E-state index is 13.9. The van der Waals surface area contributed by atoms with E-state index in [0.717, 1.165) is 45.9 Å². The van der Waals surface area contributed by atoms with Crippen molar-refractivity contribution in [2.45, 2.75) is 12.8 Å². The first-order chi connectivity index (χ1) is 18.8. The van der Waals surface area contributed by atoms with Gasteiger partial charge in [0, 0.05) is 72.6 Å². The maximum Gasteiger partial charge on any atom is 0.415 e. The smallest absolute Gasteiger partial charge is 0.409 e. The second kappa shape index (κ2) is 10.0. The molecule has 2 aliphatic rings. The van der Waals surface area contributed by atoms with Crippen LogP contribution in [0.3, 0.4) is 0 Å². The first-order valence-electron chi connectivity index (χ1n) is 13.1. The summed E-state index contributed by atoms with van der Waals surface area (Å²) < 4.78 is 5.98. The van der Waals surface area contributed by atoms with Gasteiger partial charge in [-0.25, -0.2) is 4.79 Å². The van der Waals surface area contributed by atoms with Crippen molar-refractivity contribution in [3.05, 3.63) is 71.4 Å². The number of hydrogen-bond acceptors (Lipinski definition) is 5. The largest absolute Gasteiger partial charge is 0.415 e. The Morgan fingerprint density at radius 3 is 2.51 bits per heavy atom. The van der Waals surface area contributed by atoms with E-state index < -0.39 is 0 Å². The predicted octanol–water partition coefficient (Wildman–Crippen LogP) is 5.44. The number of hydrogen-bond donors (Lipinski definition) is 2. The fourth-order valence-electron chi connectivity index (χ4n) is 5.59. The third-order valence-electron chi connectivity index (χ3n) is 7.80. The first-order valence-corrected chi connectivity index (χ1v) is 13.6. The van der Waals surface area contributed by atoms with E-state index in [1.165, 1.54) is 0 Å². The van der Waals surface area contributed by atoms with Crippen LogP contribution in [0.15, 0.2) is 54.6 Å². The number of ether oxygens (including phenoxy) is 1. The molecule has 3 aromatic carbocycles. The number of anilines is 1. The predicted molar refractivity (Wildman–Crippen MR) is 155 cm³/mol. The average molecular weight is 544 g/mol. The molecule has 9 heteroatoms. The summed E-state index contributed by atoms with van der Waals surface area (Å²) in [5, 5.41) is 10.6. The number of rotatable bonds is 4. The number of H-pyrrole nitrogens is 1. The first kappa shape index (κ1) is 25.4. The normalized spacial score (nSPS) is 17.6. The Morgan fingerprint density at radius 2 is 1.79 bits per heavy atom. The van der Waals surface area contributed by atoms with Crippen LogP contribution in [0.25, 0.3) is 21.7 Å². The van der Waals surface area contributed by atoms with E-state index in [1.54, 1.807) is 16.7 Å². The Morgan fingerprint density at radius 1 is 1.05 bits per heavy atom. The van der Waals surface area contributed by atoms with Gasteiger partial charge in [0.15, 0.2) is 0 Å². The van der Waals surface area contributed by atoms with Gasteiger partial charge in [0.25, 0.3) is 5.91 Å². The lowest BCUT2D eigenvalue weighted by atomic mass is 9.95. The van der Waals surface area contributed by atoms with E-state index in [4.69, 9.17) is 21.7 Å². The van der Waals surface area contributed by atoms with Crippen LogP contribution in [0.5, 0.6) is 5.75 Å². The van der Waals surface area contributed by atoms with Gasteiger partial charge in [-0.05, 0) is 48.7 Å². The highest BCUT2D eigenvalue weighted by Crippen LogP contribution is 2.46. The van der Waals surface area contributed by atoms with Crippen LogP contribution in [0.4, 0.5) is 10.5 Å². The van der Waals surface area contributed by atoms with E-state index in [0.29, 0.717) is 48.4 Å². The molecule has 0 unspecified atom stereocenters. The van der Waals surface area contributed by atoms with Gasteiger partial charge in [-0.15, -0.1) is 11.6 Å². The molecule has 3 heterocycles. The van der Waals surface area contributed by atoms with Crippen LogP contribution in [0.2, 0.25) is 0 Å². The van der Waals surface area contributed by atoms with Crippen LogP contribution in [-0.4, -0.2) is 78.1 Å². The van der Waals surface area contributed by atoms with Crippen molar-refractivity contribution >= 4 is 56.7 Å². The number of carbonyl (C=O) groups excluding carboxylic acids is 2. The van der Waals surface area contributed by atoms with Crippen molar-refractivity contribution < 1.29 is 14.3 Å². The summed E-state index contributed by atoms with van der Waals surface area (Å²) in [5.41, 5.74) is 4.26. The number of nitrogens with one attached hydrogen (secondary N) is 2. The quantitative estimate of drug-likeness (QED) is 0.265. The molecule has 6 rings (SSSR count). The van der Waals surface area contributed by atoms with Crippen LogP contribution >= 0.6 is 11.6 Å². The molecule has 200 valence electrons. The summed E-state index contributed by atoms with van der Waals surface area (Å²) in [4.78, 5) is 35.9. The third-order valence-corrected chi connectivity index (χ3v) is 8.18. The Labute approximate surface area is 231 Å². The molecule has 0 saturated carbocycles. The number of fused-ring (bicyclic) bond motifs is 4. The zero-order chi connectivity index (χ0) is 27.3. The number of aromatic nitrogens is 1. The van der Waals surface area contributed by atoms with Gasteiger partial charge < -0.3 is 29.8 Å². The molecule has 1 aromatic heterocycles. The molecule has 2 amide bonds. The molecule has 1 fully saturated rings. The molecule has 2 N–H and O–H groups in total. The molecular formula is C30H30ClN5O3. The van der Waals surface area contributed by atoms with E-state index in [-0.39, 0.29) is 17.9 Å². The lowest BCUT2D eigenvalue weighted by Gasteiger charge is -2.31. The van der Waals surface area contributed by atoms with E-state index in [9.17, 15) is 9.59 Å². The van der Waals surface area contributed by atoms with E-state index in [1.807, 2.05) is 61.6 Å². The van der Waals surface area contributed by atoms with Crippen molar-refractivity contribution in [2.75, 3.05) is 50.6 Å². The molecule has 0 bridgehead atoms. The van der Waals surface area contributed by atoms with Gasteiger partial charge in [-0.2, -0.15) is 0 Å². The van der Waals surface area contributed by atoms with E-state index >= 15 is 0 Å². The summed E-state index contributed by atoms with van der Waals surface area (Å²) in [5.74, 6) is 0.550. The zero-order valence-electron chi connectivity index (χ0n) is 22.0. The average Bonchev–Trinajstić information content (AvgIpc) is 3.54. The van der Waals surface area contributed by atoms with Crippen molar-refractivity contribution in [3.8, 4) is 5.75 Å². The van der Waals surface area contributed by atoms with Crippen molar-refractivity contribution in [2.24, 2.45) is 0 Å². The highest BCUT2D eigenvalue weighted by Gasteiger charge is 2.36. The lowest BCUT2D eigenvalue weighted by molar-refractivity contribution is 0.0984. The van der Waals surface area contributed by atoms with Crippen molar-refractivity contribution in [3.63, 3.8) is 0 Å². The van der Waals surface area contributed by atoms with Gasteiger partial charge in [0.1, 0.15) is 11.4 Å². The van der Waals surface area contributed by atoms with Crippen LogP contribution in [-0.2, 0) is 0 Å². The number of aromatic amines is 1. The number of piperazine rings is 1. The summed E-state index contributed by atoms with van der Waals surface area (Å²) in [6.07, 6.45) is -0.383. The number of benzene rings is 3. The minimum Gasteiger partial charge on any atom is -0.409 e. The maximum atomic E-state index is 13.9. The fraction of sp³-hybridized carbons (Fsp3) is 0.300. The van der Waals surface area contributed by atoms with Gasteiger partial charge in [0.05, 0.1) is 5.69 Å². The highest BCUT2D eigenvalue weighted by molar-refractivity contribution is 6.19. The molecule has 0 spiro atoms. The molecule has 39 heavy (non-hydrogen) atoms. The van der Waals surface area contributed by atoms with Crippen LogP contribution < -0.4 is 9.64 Å². The van der Waals surface area contributed by atoms with Gasteiger partial charge in [-0.1, -0.05) is 30.3 Å². The molecule has 0 radical (unpaired) electrons. The Kier molecular flexibility index (Phi) is 6.53. The minimum absolute atomic E-state index is 0.0607. The van der Waals surface area contributed by atoms with E-state index in [2.05, 4.69) is 9.88 Å². The molecule has 1 atom stereocenters. The molecule has 8 nitrogen and oxygen atoms in total. The van der Waals surface area contributed by atoms with Crippen LogP contribution in [0, 0.1) is 5.41 Å². The number of carbonyl (C=O) groups is 2. The highest BCUT2D eigenvalue weighted by atomic mass is 35.5. The number of amides is 2. The Hall–Kier alpha value is -3.88. The minimum atomic E-state index is -0.383. The number of halogens is 1. The Bertz CT molecular complexity index is 1620. The summed E-state index contributed by atoms with van der Waals surface area (Å²) in [7, 11) is 2.04. The molecular weight excluding hydrogens is 514 g/mol. The topological polar surface area (TPSA) is 92.7 Å². The van der Waals surface area contributed by atoms with Gasteiger partial charge in [0.2, 0.25) is 0 Å². The molecule has 0 aliphatic carbocycles. The van der Waals surface area contributed by atoms with Gasteiger partial charge >= 0.3 is 6.09 Å². The molecule has 1 saturated heterocycles. The second-order valence-corrected chi connectivity index (χ2v) is 10.7.